The lowest BCUT2D eigenvalue weighted by Crippen LogP contribution is -2.01. The highest BCUT2D eigenvalue weighted by Gasteiger charge is 2.11. The van der Waals surface area contributed by atoms with Crippen molar-refractivity contribution >= 4 is 11.8 Å². The third kappa shape index (κ3) is 3.38. The van der Waals surface area contributed by atoms with Crippen molar-refractivity contribution < 1.29 is 13.5 Å². The molecule has 4 heteroatoms. The first-order valence-electron chi connectivity index (χ1n) is 4.84. The van der Waals surface area contributed by atoms with Crippen molar-refractivity contribution in [1.82, 2.24) is 0 Å². The van der Waals surface area contributed by atoms with Crippen molar-refractivity contribution in [2.24, 2.45) is 0 Å². The predicted octanol–water partition coefficient (Wildman–Crippen LogP) is 3.87. The second-order valence-electron chi connectivity index (χ2n) is 3.12. The van der Waals surface area contributed by atoms with E-state index in [1.807, 2.05) is 6.92 Å². The lowest BCUT2D eigenvalue weighted by atomic mass is 10.3. The van der Waals surface area contributed by atoms with Crippen molar-refractivity contribution in [1.29, 1.82) is 0 Å². The van der Waals surface area contributed by atoms with Gasteiger partial charge in [-0.25, -0.2) is 8.78 Å². The first-order valence-corrected chi connectivity index (χ1v) is 6.07. The zero-order valence-corrected chi connectivity index (χ0v) is 9.66. The molecule has 1 aromatic carbocycles. The van der Waals surface area contributed by atoms with Crippen LogP contribution in [0, 0.1) is 11.6 Å². The van der Waals surface area contributed by atoms with E-state index < -0.39 is 11.6 Å². The van der Waals surface area contributed by atoms with Crippen LogP contribution in [0.5, 0.6) is 5.75 Å². The van der Waals surface area contributed by atoms with E-state index in [0.717, 1.165) is 12.8 Å². The molecule has 1 nitrogen and oxygen atoms in total. The lowest BCUT2D eigenvalue weighted by Gasteiger charge is -2.08. The van der Waals surface area contributed by atoms with Crippen LogP contribution in [-0.2, 0) is 0 Å². The molecular weight excluding hydrogens is 218 g/mol. The Hall–Kier alpha value is -0.770. The third-order valence-electron chi connectivity index (χ3n) is 1.95. The van der Waals surface area contributed by atoms with Crippen LogP contribution in [0.4, 0.5) is 8.78 Å². The number of hydrogen-bond acceptors (Lipinski definition) is 2. The Labute approximate surface area is 92.8 Å². The summed E-state index contributed by atoms with van der Waals surface area (Å²) >= 11 is 1.30. The molecule has 0 N–H and O–H groups in total. The van der Waals surface area contributed by atoms with E-state index in [0.29, 0.717) is 11.5 Å². The molecule has 15 heavy (non-hydrogen) atoms. The molecule has 84 valence electrons. The van der Waals surface area contributed by atoms with Gasteiger partial charge in [0.25, 0.3) is 0 Å². The van der Waals surface area contributed by atoms with Crippen LogP contribution >= 0.6 is 11.8 Å². The summed E-state index contributed by atoms with van der Waals surface area (Å²) in [6.07, 6.45) is 3.50. The average Bonchev–Trinajstić information content (AvgIpc) is 2.22. The van der Waals surface area contributed by atoms with Gasteiger partial charge in [-0.3, -0.25) is 0 Å². The molecule has 0 amide bonds. The fourth-order valence-corrected chi connectivity index (χ4v) is 1.55. The molecule has 0 atom stereocenters. The summed E-state index contributed by atoms with van der Waals surface area (Å²) in [5.41, 5.74) is 0. The highest BCUT2D eigenvalue weighted by atomic mass is 32.2. The summed E-state index contributed by atoms with van der Waals surface area (Å²) in [5.74, 6) is -1.52. The van der Waals surface area contributed by atoms with E-state index in [9.17, 15) is 8.78 Å². The highest BCUT2D eigenvalue weighted by molar-refractivity contribution is 7.98. The average molecular weight is 232 g/mol. The van der Waals surface area contributed by atoms with Gasteiger partial charge in [-0.15, -0.1) is 11.8 Å². The SMILES string of the molecule is CCCCOc1c(F)cc(SC)cc1F. The van der Waals surface area contributed by atoms with E-state index >= 15 is 0 Å². The lowest BCUT2D eigenvalue weighted by molar-refractivity contribution is 0.278. The fraction of sp³-hybridized carbons (Fsp3) is 0.455. The van der Waals surface area contributed by atoms with Gasteiger partial charge in [-0.1, -0.05) is 13.3 Å². The summed E-state index contributed by atoms with van der Waals surface area (Å²) in [4.78, 5) is 0.563. The number of halogens is 2. The van der Waals surface area contributed by atoms with Crippen LogP contribution in [0.15, 0.2) is 17.0 Å². The number of benzene rings is 1. The first kappa shape index (κ1) is 12.3. The second kappa shape index (κ2) is 5.95. The maximum atomic E-state index is 13.3. The first-order chi connectivity index (χ1) is 7.19. The molecule has 0 unspecified atom stereocenters. The standard InChI is InChI=1S/C11H14F2OS/c1-3-4-5-14-11-9(12)6-8(15-2)7-10(11)13/h6-7H,3-5H2,1-2H3. The Kier molecular flexibility index (Phi) is 4.88. The van der Waals surface area contributed by atoms with Gasteiger partial charge in [0, 0.05) is 4.90 Å². The molecule has 0 spiro atoms. The monoisotopic (exact) mass is 232 g/mol. The van der Waals surface area contributed by atoms with E-state index in [1.54, 1.807) is 6.26 Å². The molecule has 1 rings (SSSR count). The number of rotatable bonds is 5. The van der Waals surface area contributed by atoms with Gasteiger partial charge in [0.05, 0.1) is 6.61 Å². The molecular formula is C11H14F2OS. The van der Waals surface area contributed by atoms with Crippen LogP contribution in [0.2, 0.25) is 0 Å². The Bertz CT molecular complexity index is 305. The molecule has 0 bridgehead atoms. The summed E-state index contributed by atoms with van der Waals surface area (Å²) in [6.45, 7) is 2.34. The molecule has 0 radical (unpaired) electrons. The number of thioether (sulfide) groups is 1. The molecule has 0 aliphatic heterocycles. The van der Waals surface area contributed by atoms with Crippen molar-refractivity contribution in [2.45, 2.75) is 24.7 Å². The smallest absolute Gasteiger partial charge is 0.190 e. The van der Waals surface area contributed by atoms with E-state index in [2.05, 4.69) is 0 Å². The third-order valence-corrected chi connectivity index (χ3v) is 2.66. The van der Waals surface area contributed by atoms with Gasteiger partial charge >= 0.3 is 0 Å². The number of ether oxygens (including phenoxy) is 1. The topological polar surface area (TPSA) is 9.23 Å². The normalized spacial score (nSPS) is 10.4. The van der Waals surface area contributed by atoms with Crippen LogP contribution < -0.4 is 4.74 Å². The van der Waals surface area contributed by atoms with E-state index in [4.69, 9.17) is 4.74 Å². The van der Waals surface area contributed by atoms with Gasteiger partial charge in [-0.2, -0.15) is 0 Å². The summed E-state index contributed by atoms with van der Waals surface area (Å²) in [5, 5.41) is 0. The van der Waals surface area contributed by atoms with Crippen LogP contribution in [0.25, 0.3) is 0 Å². The van der Waals surface area contributed by atoms with Gasteiger partial charge in [0.15, 0.2) is 17.4 Å². The summed E-state index contributed by atoms with van der Waals surface area (Å²) in [6, 6.07) is 2.57. The van der Waals surface area contributed by atoms with Crippen molar-refractivity contribution in [2.75, 3.05) is 12.9 Å². The van der Waals surface area contributed by atoms with E-state index in [1.165, 1.54) is 23.9 Å². The maximum absolute atomic E-state index is 13.3. The van der Waals surface area contributed by atoms with Gasteiger partial charge in [0.2, 0.25) is 0 Å². The van der Waals surface area contributed by atoms with Crippen molar-refractivity contribution in [3.63, 3.8) is 0 Å². The highest BCUT2D eigenvalue weighted by Crippen LogP contribution is 2.27. The predicted molar refractivity (Wildman–Crippen MR) is 58.5 cm³/mol. The molecule has 0 saturated carbocycles. The van der Waals surface area contributed by atoms with E-state index in [-0.39, 0.29) is 5.75 Å². The Morgan fingerprint density at radius 3 is 2.33 bits per heavy atom. The Morgan fingerprint density at radius 1 is 1.27 bits per heavy atom. The van der Waals surface area contributed by atoms with Crippen LogP contribution in [0.3, 0.4) is 0 Å². The molecule has 0 saturated heterocycles. The minimum atomic E-state index is -0.629. The zero-order chi connectivity index (χ0) is 11.3. The zero-order valence-electron chi connectivity index (χ0n) is 8.85. The van der Waals surface area contributed by atoms with Gasteiger partial charge < -0.3 is 4.74 Å². The number of hydrogen-bond donors (Lipinski definition) is 0. The summed E-state index contributed by atoms with van der Waals surface area (Å²) < 4.78 is 31.7. The van der Waals surface area contributed by atoms with Gasteiger partial charge in [-0.05, 0) is 24.8 Å². The minimum absolute atomic E-state index is 0.263. The van der Waals surface area contributed by atoms with Crippen molar-refractivity contribution in [3.05, 3.63) is 23.8 Å². The second-order valence-corrected chi connectivity index (χ2v) is 4.00. The summed E-state index contributed by atoms with van der Waals surface area (Å²) in [7, 11) is 0. The molecule has 0 fully saturated rings. The molecule has 0 aromatic heterocycles. The van der Waals surface area contributed by atoms with Crippen LogP contribution in [0.1, 0.15) is 19.8 Å². The molecule has 0 aliphatic carbocycles. The Balaban J connectivity index is 2.79. The van der Waals surface area contributed by atoms with Gasteiger partial charge in [0.1, 0.15) is 0 Å². The largest absolute Gasteiger partial charge is 0.488 e. The molecule has 0 aliphatic rings. The number of unbranched alkanes of at least 4 members (excludes halogenated alkanes) is 1. The quantitative estimate of drug-likeness (QED) is 0.563. The molecule has 1 aromatic rings. The van der Waals surface area contributed by atoms with Crippen molar-refractivity contribution in [3.8, 4) is 5.75 Å². The van der Waals surface area contributed by atoms with Crippen LogP contribution in [-0.4, -0.2) is 12.9 Å². The Morgan fingerprint density at radius 2 is 1.87 bits per heavy atom. The molecule has 0 heterocycles. The fourth-order valence-electron chi connectivity index (χ4n) is 1.11. The maximum Gasteiger partial charge on any atom is 0.190 e. The minimum Gasteiger partial charge on any atom is -0.488 e.